The highest BCUT2D eigenvalue weighted by Crippen LogP contribution is 2.75. The zero-order valence-corrected chi connectivity index (χ0v) is 14.0. The standard InChI is InChI=1S/C13H19Cl3O4/c1-4-19-12-9(14)10(15)7-8(5-6-20-12)11(12,16)13(10,17-2)18-3/h8-9H,4-7H2,1-3H3/t8-,9+,10+,11-,12+/m0/s1. The topological polar surface area (TPSA) is 36.9 Å². The first-order valence-corrected chi connectivity index (χ1v) is 7.99. The molecule has 3 rings (SSSR count). The van der Waals surface area contributed by atoms with Crippen LogP contribution in [0, 0.1) is 5.92 Å². The van der Waals surface area contributed by atoms with Crippen molar-refractivity contribution in [3.05, 3.63) is 0 Å². The van der Waals surface area contributed by atoms with Crippen molar-refractivity contribution in [2.24, 2.45) is 5.92 Å². The van der Waals surface area contributed by atoms with Crippen molar-refractivity contribution in [1.82, 2.24) is 0 Å². The second-order valence-electron chi connectivity index (χ2n) is 5.60. The van der Waals surface area contributed by atoms with Crippen molar-refractivity contribution in [2.45, 2.75) is 46.5 Å². The second kappa shape index (κ2) is 4.60. The van der Waals surface area contributed by atoms with Gasteiger partial charge >= 0.3 is 0 Å². The van der Waals surface area contributed by atoms with Gasteiger partial charge in [-0.25, -0.2) is 0 Å². The molecule has 3 aliphatic rings. The van der Waals surface area contributed by atoms with Crippen LogP contribution in [-0.2, 0) is 18.9 Å². The molecule has 4 nitrogen and oxygen atoms in total. The molecule has 2 bridgehead atoms. The second-order valence-corrected chi connectivity index (χ2v) is 7.31. The van der Waals surface area contributed by atoms with Crippen LogP contribution in [0.25, 0.3) is 0 Å². The van der Waals surface area contributed by atoms with E-state index in [0.717, 1.165) is 6.42 Å². The highest BCUT2D eigenvalue weighted by molar-refractivity contribution is 6.39. The molecule has 20 heavy (non-hydrogen) atoms. The monoisotopic (exact) mass is 344 g/mol. The molecule has 0 N–H and O–H groups in total. The van der Waals surface area contributed by atoms with Crippen molar-refractivity contribution in [1.29, 1.82) is 0 Å². The maximum atomic E-state index is 7.04. The van der Waals surface area contributed by atoms with E-state index in [1.54, 1.807) is 0 Å². The van der Waals surface area contributed by atoms with E-state index in [2.05, 4.69) is 0 Å². The van der Waals surface area contributed by atoms with Gasteiger partial charge in [0.1, 0.15) is 10.3 Å². The summed E-state index contributed by atoms with van der Waals surface area (Å²) in [7, 11) is 3.07. The summed E-state index contributed by atoms with van der Waals surface area (Å²) in [4.78, 5) is -2.05. The maximum absolute atomic E-state index is 7.04. The van der Waals surface area contributed by atoms with Gasteiger partial charge in [-0.05, 0) is 25.7 Å². The Hall–Kier alpha value is 0.710. The summed E-state index contributed by atoms with van der Waals surface area (Å²) in [6.45, 7) is 2.83. The van der Waals surface area contributed by atoms with Crippen LogP contribution >= 0.6 is 34.8 Å². The molecule has 0 unspecified atom stereocenters. The quantitative estimate of drug-likeness (QED) is 0.580. The number of alkyl halides is 3. The lowest BCUT2D eigenvalue weighted by Gasteiger charge is -2.52. The number of halogens is 3. The zero-order valence-electron chi connectivity index (χ0n) is 11.8. The van der Waals surface area contributed by atoms with E-state index in [1.165, 1.54) is 14.2 Å². The molecule has 2 aliphatic carbocycles. The van der Waals surface area contributed by atoms with Crippen LogP contribution in [0.15, 0.2) is 0 Å². The molecular formula is C13H19Cl3O4. The minimum Gasteiger partial charge on any atom is -0.350 e. The predicted molar refractivity (Wildman–Crippen MR) is 76.6 cm³/mol. The van der Waals surface area contributed by atoms with Crippen molar-refractivity contribution < 1.29 is 18.9 Å². The van der Waals surface area contributed by atoms with Crippen molar-refractivity contribution in [3.8, 4) is 0 Å². The normalized spacial score (nSPS) is 52.5. The van der Waals surface area contributed by atoms with Crippen LogP contribution in [0.2, 0.25) is 0 Å². The summed E-state index contributed by atoms with van der Waals surface area (Å²) in [5.41, 5.74) is 0. The Bertz CT molecular complexity index is 414. The first kappa shape index (κ1) is 15.6. The Kier molecular flexibility index (Phi) is 3.59. The van der Waals surface area contributed by atoms with Gasteiger partial charge in [0, 0.05) is 20.8 Å². The fourth-order valence-electron chi connectivity index (χ4n) is 4.46. The Morgan fingerprint density at radius 3 is 2.40 bits per heavy atom. The van der Waals surface area contributed by atoms with Gasteiger partial charge in [0.2, 0.25) is 11.6 Å². The molecule has 0 amide bonds. The highest BCUT2D eigenvalue weighted by atomic mass is 35.5. The van der Waals surface area contributed by atoms with E-state index < -0.39 is 26.7 Å². The van der Waals surface area contributed by atoms with Gasteiger partial charge in [-0.1, -0.05) is 0 Å². The summed E-state index contributed by atoms with van der Waals surface area (Å²) in [6.07, 6.45) is 1.40. The molecule has 116 valence electrons. The largest absolute Gasteiger partial charge is 0.350 e. The number of hydrogen-bond acceptors (Lipinski definition) is 4. The van der Waals surface area contributed by atoms with Crippen LogP contribution < -0.4 is 0 Å². The van der Waals surface area contributed by atoms with Crippen LogP contribution in [0.1, 0.15) is 19.8 Å². The van der Waals surface area contributed by atoms with Crippen molar-refractivity contribution >= 4 is 34.8 Å². The lowest BCUT2D eigenvalue weighted by molar-refractivity contribution is -0.313. The molecule has 0 spiro atoms. The third kappa shape index (κ3) is 1.28. The molecule has 0 aromatic rings. The van der Waals surface area contributed by atoms with E-state index in [0.29, 0.717) is 19.6 Å². The van der Waals surface area contributed by atoms with E-state index >= 15 is 0 Å². The third-order valence-corrected chi connectivity index (χ3v) is 7.30. The first-order chi connectivity index (χ1) is 9.40. The summed E-state index contributed by atoms with van der Waals surface area (Å²) in [5.74, 6) is -2.37. The smallest absolute Gasteiger partial charge is 0.214 e. The molecule has 0 aromatic carbocycles. The highest BCUT2D eigenvalue weighted by Gasteiger charge is 2.92. The van der Waals surface area contributed by atoms with Crippen LogP contribution in [0.3, 0.4) is 0 Å². The van der Waals surface area contributed by atoms with E-state index in [-0.39, 0.29) is 5.92 Å². The molecule has 7 heteroatoms. The maximum Gasteiger partial charge on any atom is 0.214 e. The zero-order chi connectivity index (χ0) is 14.8. The number of rotatable bonds is 4. The van der Waals surface area contributed by atoms with Gasteiger partial charge in [0.25, 0.3) is 0 Å². The average Bonchev–Trinajstić information content (AvgIpc) is 2.70. The molecule has 0 aromatic heterocycles. The summed E-state index contributed by atoms with van der Waals surface area (Å²) < 4.78 is 23.2. The van der Waals surface area contributed by atoms with Crippen LogP contribution in [0.5, 0.6) is 0 Å². The number of hydrogen-bond donors (Lipinski definition) is 0. The molecule has 1 aliphatic heterocycles. The summed E-state index contributed by atoms with van der Waals surface area (Å²) in [6, 6.07) is 0. The van der Waals surface area contributed by atoms with Crippen molar-refractivity contribution in [2.75, 3.05) is 27.4 Å². The predicted octanol–water partition coefficient (Wildman–Crippen LogP) is 2.72. The van der Waals surface area contributed by atoms with Gasteiger partial charge in [-0.3, -0.25) is 0 Å². The van der Waals surface area contributed by atoms with Gasteiger partial charge in [-0.15, -0.1) is 34.8 Å². The minimum absolute atomic E-state index is 0.0665. The molecule has 1 saturated heterocycles. The Morgan fingerprint density at radius 2 is 1.90 bits per heavy atom. The summed E-state index contributed by atoms with van der Waals surface area (Å²) >= 11 is 20.6. The van der Waals surface area contributed by atoms with Gasteiger partial charge < -0.3 is 18.9 Å². The lowest BCUT2D eigenvalue weighted by Crippen LogP contribution is -2.68. The van der Waals surface area contributed by atoms with Crippen molar-refractivity contribution in [3.63, 3.8) is 0 Å². The number of methoxy groups -OCH3 is 2. The van der Waals surface area contributed by atoms with Crippen LogP contribution in [-0.4, -0.2) is 54.1 Å². The molecule has 1 heterocycles. The first-order valence-electron chi connectivity index (χ1n) is 6.80. The fraction of sp³-hybridized carbons (Fsp3) is 1.00. The number of ether oxygens (including phenoxy) is 4. The Morgan fingerprint density at radius 1 is 1.25 bits per heavy atom. The Labute approximate surface area is 133 Å². The van der Waals surface area contributed by atoms with E-state index in [4.69, 9.17) is 53.8 Å². The Balaban J connectivity index is 2.24. The van der Waals surface area contributed by atoms with Gasteiger partial charge in [-0.2, -0.15) is 0 Å². The van der Waals surface area contributed by atoms with E-state index in [1.807, 2.05) is 6.92 Å². The third-order valence-electron chi connectivity index (χ3n) is 5.09. The van der Waals surface area contributed by atoms with E-state index in [9.17, 15) is 0 Å². The van der Waals surface area contributed by atoms with Gasteiger partial charge in [0.05, 0.1) is 6.61 Å². The molecule has 3 fully saturated rings. The molecule has 0 radical (unpaired) electrons. The average molecular weight is 346 g/mol. The molecular weight excluding hydrogens is 326 g/mol. The minimum atomic E-state index is -1.24. The molecule has 2 saturated carbocycles. The fourth-order valence-corrected chi connectivity index (χ4v) is 6.46. The summed E-state index contributed by atoms with van der Waals surface area (Å²) in [5, 5.41) is -0.662. The SMILES string of the molecule is CCO[C@@]12OCC[C@H]3C[C@@](Cl)([C@H]1Cl)C(OC)(OC)[C@]32Cl. The van der Waals surface area contributed by atoms with Crippen LogP contribution in [0.4, 0.5) is 0 Å². The van der Waals surface area contributed by atoms with Gasteiger partial charge in [0.15, 0.2) is 4.87 Å². The lowest BCUT2D eigenvalue weighted by atomic mass is 9.78. The number of fused-ring (bicyclic) bond motifs is 1. The molecule has 5 atom stereocenters.